The molecule has 7 nitrogen and oxygen atoms in total. The largest absolute Gasteiger partial charge is 0.462 e. The molecule has 22 heavy (non-hydrogen) atoms. The second-order valence-corrected chi connectivity index (χ2v) is 5.55. The van der Waals surface area contributed by atoms with E-state index in [0.717, 1.165) is 11.5 Å². The van der Waals surface area contributed by atoms with Crippen LogP contribution >= 0.6 is 0 Å². The van der Waals surface area contributed by atoms with E-state index in [9.17, 15) is 0 Å². The zero-order valence-electron chi connectivity index (χ0n) is 12.5. The fourth-order valence-electron chi connectivity index (χ4n) is 2.49. The Bertz CT molecular complexity index is 603. The lowest BCUT2D eigenvalue weighted by Gasteiger charge is -2.41. The van der Waals surface area contributed by atoms with Crippen LogP contribution in [0.3, 0.4) is 0 Å². The first-order valence-corrected chi connectivity index (χ1v) is 7.18. The summed E-state index contributed by atoms with van der Waals surface area (Å²) < 4.78 is 21.1. The number of nitrogens with one attached hydrogen (secondary N) is 1. The Morgan fingerprint density at radius 1 is 1.32 bits per heavy atom. The number of ether oxygens (including phenoxy) is 2. The first kappa shape index (κ1) is 15.2. The van der Waals surface area contributed by atoms with E-state index >= 15 is 0 Å². The Kier molecular flexibility index (Phi) is 4.58. The normalized spacial score (nSPS) is 16.6. The number of hydrogen-bond acceptors (Lipinski definition) is 7. The van der Waals surface area contributed by atoms with Gasteiger partial charge in [-0.2, -0.15) is 0 Å². The van der Waals surface area contributed by atoms with Gasteiger partial charge in [-0.1, -0.05) is 5.16 Å². The molecule has 0 aliphatic carbocycles. The van der Waals surface area contributed by atoms with Crippen LogP contribution in [-0.2, 0) is 35.7 Å². The molecule has 0 bridgehead atoms. The molecule has 0 spiro atoms. The molecule has 2 aromatic rings. The van der Waals surface area contributed by atoms with E-state index in [1.807, 2.05) is 12.1 Å². The molecule has 0 radical (unpaired) electrons. The van der Waals surface area contributed by atoms with Gasteiger partial charge in [-0.3, -0.25) is 5.32 Å². The van der Waals surface area contributed by atoms with Gasteiger partial charge in [-0.15, -0.1) is 0 Å². The van der Waals surface area contributed by atoms with Crippen molar-refractivity contribution in [3.8, 4) is 0 Å². The molecular formula is C15H20N2O5. The van der Waals surface area contributed by atoms with Crippen LogP contribution < -0.4 is 5.32 Å². The highest BCUT2D eigenvalue weighted by Crippen LogP contribution is 2.23. The third-order valence-electron chi connectivity index (χ3n) is 3.68. The van der Waals surface area contributed by atoms with E-state index in [2.05, 4.69) is 10.5 Å². The average molecular weight is 308 g/mol. The van der Waals surface area contributed by atoms with Crippen LogP contribution in [0, 0.1) is 0 Å². The summed E-state index contributed by atoms with van der Waals surface area (Å²) in [6.07, 6.45) is 0.716. The Hall–Kier alpha value is -1.67. The number of rotatable bonds is 8. The van der Waals surface area contributed by atoms with Gasteiger partial charge in [-0.25, -0.2) is 0 Å². The van der Waals surface area contributed by atoms with Crippen molar-refractivity contribution in [2.75, 3.05) is 20.3 Å². The lowest BCUT2D eigenvalue weighted by atomic mass is 9.91. The van der Waals surface area contributed by atoms with Gasteiger partial charge in [0, 0.05) is 19.6 Å². The maximum absolute atomic E-state index is 9.01. The molecule has 1 fully saturated rings. The Morgan fingerprint density at radius 3 is 2.77 bits per heavy atom. The molecule has 120 valence electrons. The summed E-state index contributed by atoms with van der Waals surface area (Å²) >= 11 is 0. The molecule has 1 aliphatic rings. The summed E-state index contributed by atoms with van der Waals surface area (Å²) in [5.74, 6) is 2.07. The second kappa shape index (κ2) is 6.62. The lowest BCUT2D eigenvalue weighted by Crippen LogP contribution is -2.61. The van der Waals surface area contributed by atoms with Gasteiger partial charge in [0.2, 0.25) is 0 Å². The molecule has 1 saturated heterocycles. The number of furan rings is 1. The predicted molar refractivity (Wildman–Crippen MR) is 75.9 cm³/mol. The number of aliphatic hydroxyl groups excluding tert-OH is 1. The SMILES string of the molecule is COCc1cc(CC2(NCc3ccc(CO)o3)COC2)no1. The molecule has 7 heteroatoms. The highest BCUT2D eigenvalue weighted by molar-refractivity contribution is 5.13. The fraction of sp³-hybridized carbons (Fsp3) is 0.533. The molecule has 1 aliphatic heterocycles. The van der Waals surface area contributed by atoms with Gasteiger partial charge in [0.1, 0.15) is 24.7 Å². The Morgan fingerprint density at radius 2 is 2.14 bits per heavy atom. The lowest BCUT2D eigenvalue weighted by molar-refractivity contribution is -0.0762. The third kappa shape index (κ3) is 3.38. The number of methoxy groups -OCH3 is 1. The molecule has 3 rings (SSSR count). The minimum absolute atomic E-state index is 0.0878. The van der Waals surface area contributed by atoms with E-state index in [-0.39, 0.29) is 12.1 Å². The summed E-state index contributed by atoms with van der Waals surface area (Å²) in [6.45, 7) is 2.14. The number of aliphatic hydroxyl groups is 1. The second-order valence-electron chi connectivity index (χ2n) is 5.55. The molecule has 2 aromatic heterocycles. The number of aromatic nitrogens is 1. The van der Waals surface area contributed by atoms with Crippen LogP contribution in [0.2, 0.25) is 0 Å². The maximum atomic E-state index is 9.01. The van der Waals surface area contributed by atoms with Gasteiger partial charge in [0.15, 0.2) is 5.76 Å². The molecule has 0 unspecified atom stereocenters. The Balaban J connectivity index is 1.59. The molecule has 0 amide bonds. The summed E-state index contributed by atoms with van der Waals surface area (Å²) in [5, 5.41) is 16.5. The quantitative estimate of drug-likeness (QED) is 0.752. The maximum Gasteiger partial charge on any atom is 0.162 e. The molecule has 2 N–H and O–H groups in total. The van der Waals surface area contributed by atoms with Crippen LogP contribution in [0.25, 0.3) is 0 Å². The van der Waals surface area contributed by atoms with Gasteiger partial charge in [-0.05, 0) is 12.1 Å². The van der Waals surface area contributed by atoms with Crippen molar-refractivity contribution in [1.29, 1.82) is 0 Å². The molecule has 3 heterocycles. The van der Waals surface area contributed by atoms with Crippen molar-refractivity contribution in [2.24, 2.45) is 0 Å². The minimum Gasteiger partial charge on any atom is -0.462 e. The van der Waals surface area contributed by atoms with Crippen molar-refractivity contribution >= 4 is 0 Å². The van der Waals surface area contributed by atoms with E-state index in [1.54, 1.807) is 13.2 Å². The van der Waals surface area contributed by atoms with Crippen LogP contribution in [-0.4, -0.2) is 36.1 Å². The van der Waals surface area contributed by atoms with E-state index in [4.69, 9.17) is 23.5 Å². The van der Waals surface area contributed by atoms with Crippen LogP contribution in [0.4, 0.5) is 0 Å². The molecular weight excluding hydrogens is 288 g/mol. The standard InChI is InChI=1S/C15H20N2O5/c1-19-8-14-4-11(17-22-14)5-15(9-20-10-15)16-6-12-2-3-13(7-18)21-12/h2-4,16,18H,5-10H2,1H3. The number of nitrogens with zero attached hydrogens (tertiary/aromatic N) is 1. The molecule has 0 atom stereocenters. The first-order chi connectivity index (χ1) is 10.7. The van der Waals surface area contributed by atoms with Gasteiger partial charge >= 0.3 is 0 Å². The van der Waals surface area contributed by atoms with Crippen molar-refractivity contribution < 1.29 is 23.5 Å². The zero-order chi connectivity index (χ0) is 15.4. The Labute approximate surface area is 128 Å². The van der Waals surface area contributed by atoms with Crippen LogP contribution in [0.1, 0.15) is 23.0 Å². The topological polar surface area (TPSA) is 89.9 Å². The van der Waals surface area contributed by atoms with E-state index < -0.39 is 0 Å². The van der Waals surface area contributed by atoms with Crippen molar-refractivity contribution in [1.82, 2.24) is 10.5 Å². The van der Waals surface area contributed by atoms with Gasteiger partial charge < -0.3 is 23.5 Å². The van der Waals surface area contributed by atoms with E-state index in [0.29, 0.717) is 44.3 Å². The van der Waals surface area contributed by atoms with E-state index in [1.165, 1.54) is 0 Å². The van der Waals surface area contributed by atoms with Crippen molar-refractivity contribution in [2.45, 2.75) is 31.7 Å². The first-order valence-electron chi connectivity index (χ1n) is 7.18. The predicted octanol–water partition coefficient (Wildman–Crippen LogP) is 1.01. The van der Waals surface area contributed by atoms with Crippen molar-refractivity contribution in [3.05, 3.63) is 41.2 Å². The average Bonchev–Trinajstić information content (AvgIpc) is 3.11. The monoisotopic (exact) mass is 308 g/mol. The van der Waals surface area contributed by atoms with Crippen LogP contribution in [0.15, 0.2) is 27.1 Å². The molecule has 0 aromatic carbocycles. The highest BCUT2D eigenvalue weighted by atomic mass is 16.5. The third-order valence-corrected chi connectivity index (χ3v) is 3.68. The summed E-state index contributed by atoms with van der Waals surface area (Å²) in [6, 6.07) is 5.54. The molecule has 0 saturated carbocycles. The highest BCUT2D eigenvalue weighted by Gasteiger charge is 2.39. The minimum atomic E-state index is -0.159. The van der Waals surface area contributed by atoms with Crippen molar-refractivity contribution in [3.63, 3.8) is 0 Å². The summed E-state index contributed by atoms with van der Waals surface area (Å²) in [7, 11) is 1.62. The summed E-state index contributed by atoms with van der Waals surface area (Å²) in [5.41, 5.74) is 0.714. The smallest absolute Gasteiger partial charge is 0.162 e. The zero-order valence-corrected chi connectivity index (χ0v) is 12.5. The van der Waals surface area contributed by atoms with Gasteiger partial charge in [0.05, 0.1) is 31.0 Å². The summed E-state index contributed by atoms with van der Waals surface area (Å²) in [4.78, 5) is 0. The van der Waals surface area contributed by atoms with Gasteiger partial charge in [0.25, 0.3) is 0 Å². The fourth-order valence-corrected chi connectivity index (χ4v) is 2.49. The van der Waals surface area contributed by atoms with Crippen LogP contribution in [0.5, 0.6) is 0 Å². The number of hydrogen-bond donors (Lipinski definition) is 2.